The highest BCUT2D eigenvalue weighted by atomic mass is 35.5. The van der Waals surface area contributed by atoms with Gasteiger partial charge < -0.3 is 9.64 Å². The number of amides is 1. The zero-order valence-corrected chi connectivity index (χ0v) is 15.2. The van der Waals surface area contributed by atoms with Crippen LogP contribution in [0.25, 0.3) is 10.9 Å². The Bertz CT molecular complexity index is 940. The standard InChI is InChI=1S/C20H19ClN2O2/c1-13-6-4-8-17(14(13)2)23(3)19(24)12-25-18-10-9-16(21)15-7-5-11-22-20(15)18/h4-11H,12H2,1-3H3. The third-order valence-corrected chi connectivity index (χ3v) is 4.67. The molecular weight excluding hydrogens is 336 g/mol. The quantitative estimate of drug-likeness (QED) is 0.690. The number of aryl methyl sites for hydroxylation is 1. The van der Waals surface area contributed by atoms with Crippen molar-refractivity contribution in [1.29, 1.82) is 0 Å². The highest BCUT2D eigenvalue weighted by Crippen LogP contribution is 2.29. The van der Waals surface area contributed by atoms with Crippen LogP contribution in [0.1, 0.15) is 11.1 Å². The molecule has 0 atom stereocenters. The van der Waals surface area contributed by atoms with E-state index < -0.39 is 0 Å². The van der Waals surface area contributed by atoms with E-state index in [9.17, 15) is 4.79 Å². The molecule has 1 amide bonds. The zero-order valence-electron chi connectivity index (χ0n) is 14.4. The Hall–Kier alpha value is -2.59. The number of fused-ring (bicyclic) bond motifs is 1. The van der Waals surface area contributed by atoms with Gasteiger partial charge >= 0.3 is 0 Å². The third kappa shape index (κ3) is 3.44. The van der Waals surface area contributed by atoms with Crippen LogP contribution >= 0.6 is 11.6 Å². The third-order valence-electron chi connectivity index (χ3n) is 4.34. The predicted molar refractivity (Wildman–Crippen MR) is 102 cm³/mol. The van der Waals surface area contributed by atoms with Crippen molar-refractivity contribution < 1.29 is 9.53 Å². The summed E-state index contributed by atoms with van der Waals surface area (Å²) in [6.45, 7) is 3.96. The molecule has 4 nitrogen and oxygen atoms in total. The number of ether oxygens (including phenoxy) is 1. The highest BCUT2D eigenvalue weighted by Gasteiger charge is 2.15. The van der Waals surface area contributed by atoms with E-state index in [1.54, 1.807) is 30.3 Å². The lowest BCUT2D eigenvalue weighted by Crippen LogP contribution is -2.31. The van der Waals surface area contributed by atoms with Crippen molar-refractivity contribution in [3.63, 3.8) is 0 Å². The molecule has 0 saturated carbocycles. The Kier molecular flexibility index (Phi) is 4.91. The van der Waals surface area contributed by atoms with Gasteiger partial charge in [-0.2, -0.15) is 0 Å². The molecule has 0 saturated heterocycles. The van der Waals surface area contributed by atoms with Crippen molar-refractivity contribution >= 4 is 34.1 Å². The number of nitrogens with zero attached hydrogens (tertiary/aromatic N) is 2. The molecule has 0 radical (unpaired) electrons. The summed E-state index contributed by atoms with van der Waals surface area (Å²) in [5.74, 6) is 0.412. The van der Waals surface area contributed by atoms with Crippen molar-refractivity contribution in [2.45, 2.75) is 13.8 Å². The maximum Gasteiger partial charge on any atom is 0.264 e. The van der Waals surface area contributed by atoms with Gasteiger partial charge in [-0.15, -0.1) is 0 Å². The van der Waals surface area contributed by atoms with Crippen molar-refractivity contribution in [3.8, 4) is 5.75 Å². The Morgan fingerprint density at radius 3 is 2.76 bits per heavy atom. The second kappa shape index (κ2) is 7.11. The summed E-state index contributed by atoms with van der Waals surface area (Å²) in [5.41, 5.74) is 3.76. The number of halogens is 1. The lowest BCUT2D eigenvalue weighted by molar-refractivity contribution is -0.120. The smallest absolute Gasteiger partial charge is 0.264 e. The first-order valence-electron chi connectivity index (χ1n) is 7.98. The van der Waals surface area contributed by atoms with Gasteiger partial charge in [-0.05, 0) is 55.3 Å². The molecule has 0 unspecified atom stereocenters. The summed E-state index contributed by atoms with van der Waals surface area (Å²) in [6.07, 6.45) is 1.68. The van der Waals surface area contributed by atoms with Gasteiger partial charge in [0.05, 0.1) is 5.02 Å². The average Bonchev–Trinajstić information content (AvgIpc) is 2.63. The van der Waals surface area contributed by atoms with Crippen LogP contribution in [0.5, 0.6) is 5.75 Å². The fourth-order valence-electron chi connectivity index (χ4n) is 2.70. The summed E-state index contributed by atoms with van der Waals surface area (Å²) < 4.78 is 5.74. The van der Waals surface area contributed by atoms with E-state index in [2.05, 4.69) is 4.98 Å². The molecule has 2 aromatic carbocycles. The number of rotatable bonds is 4. The normalized spacial score (nSPS) is 10.7. The van der Waals surface area contributed by atoms with E-state index in [-0.39, 0.29) is 12.5 Å². The molecule has 0 spiro atoms. The van der Waals surface area contributed by atoms with E-state index in [1.165, 1.54) is 0 Å². The first-order valence-corrected chi connectivity index (χ1v) is 8.35. The number of anilines is 1. The number of pyridine rings is 1. The number of aromatic nitrogens is 1. The Labute approximate surface area is 152 Å². The predicted octanol–water partition coefficient (Wildman–Crippen LogP) is 4.55. The molecule has 25 heavy (non-hydrogen) atoms. The van der Waals surface area contributed by atoms with Crippen LogP contribution in [-0.2, 0) is 4.79 Å². The van der Waals surface area contributed by atoms with E-state index in [4.69, 9.17) is 16.3 Å². The summed E-state index contributed by atoms with van der Waals surface area (Å²) in [4.78, 5) is 18.5. The fourth-order valence-corrected chi connectivity index (χ4v) is 2.91. The van der Waals surface area contributed by atoms with Gasteiger partial charge in [-0.3, -0.25) is 9.78 Å². The van der Waals surface area contributed by atoms with Crippen LogP contribution in [0.3, 0.4) is 0 Å². The van der Waals surface area contributed by atoms with Crippen molar-refractivity contribution in [1.82, 2.24) is 4.98 Å². The molecule has 128 valence electrons. The highest BCUT2D eigenvalue weighted by molar-refractivity contribution is 6.35. The summed E-state index contributed by atoms with van der Waals surface area (Å²) in [7, 11) is 1.76. The van der Waals surface area contributed by atoms with Crippen LogP contribution in [0.4, 0.5) is 5.69 Å². The van der Waals surface area contributed by atoms with Crippen molar-refractivity contribution in [2.75, 3.05) is 18.6 Å². The Morgan fingerprint density at radius 1 is 1.16 bits per heavy atom. The van der Waals surface area contributed by atoms with E-state index in [1.807, 2.05) is 44.2 Å². The molecule has 1 heterocycles. The summed E-state index contributed by atoms with van der Waals surface area (Å²) in [6, 6.07) is 13.1. The molecule has 3 aromatic rings. The van der Waals surface area contributed by atoms with Gasteiger partial charge in [0.25, 0.3) is 5.91 Å². The molecule has 0 aliphatic heterocycles. The van der Waals surface area contributed by atoms with Gasteiger partial charge in [0.15, 0.2) is 6.61 Å². The maximum atomic E-state index is 12.5. The molecule has 0 N–H and O–H groups in total. The molecule has 1 aromatic heterocycles. The second-order valence-electron chi connectivity index (χ2n) is 5.91. The lowest BCUT2D eigenvalue weighted by atomic mass is 10.1. The molecule has 0 aliphatic carbocycles. The van der Waals surface area contributed by atoms with E-state index in [0.29, 0.717) is 16.3 Å². The fraction of sp³-hybridized carbons (Fsp3) is 0.200. The minimum atomic E-state index is -0.132. The summed E-state index contributed by atoms with van der Waals surface area (Å²) in [5, 5.41) is 1.41. The van der Waals surface area contributed by atoms with E-state index >= 15 is 0 Å². The molecule has 5 heteroatoms. The number of hydrogen-bond acceptors (Lipinski definition) is 3. The first kappa shape index (κ1) is 17.2. The van der Waals surface area contributed by atoms with E-state index in [0.717, 1.165) is 22.2 Å². The van der Waals surface area contributed by atoms with Gasteiger partial charge in [-0.25, -0.2) is 0 Å². The van der Waals surface area contributed by atoms with Crippen LogP contribution in [-0.4, -0.2) is 24.5 Å². The number of benzene rings is 2. The van der Waals surface area contributed by atoms with Gasteiger partial charge in [0.2, 0.25) is 0 Å². The SMILES string of the molecule is Cc1cccc(N(C)C(=O)COc2ccc(Cl)c3cccnc23)c1C. The maximum absolute atomic E-state index is 12.5. The van der Waals surface area contributed by atoms with Gasteiger partial charge in [0, 0.05) is 24.3 Å². The first-order chi connectivity index (χ1) is 12.0. The zero-order chi connectivity index (χ0) is 18.0. The Balaban J connectivity index is 1.79. The van der Waals surface area contributed by atoms with Crippen LogP contribution in [0, 0.1) is 13.8 Å². The minimum Gasteiger partial charge on any atom is -0.481 e. The lowest BCUT2D eigenvalue weighted by Gasteiger charge is -2.21. The minimum absolute atomic E-state index is 0.0722. The van der Waals surface area contributed by atoms with Gasteiger partial charge in [-0.1, -0.05) is 23.7 Å². The van der Waals surface area contributed by atoms with Crippen LogP contribution in [0.2, 0.25) is 5.02 Å². The molecular formula is C20H19ClN2O2. The topological polar surface area (TPSA) is 42.4 Å². The largest absolute Gasteiger partial charge is 0.481 e. The monoisotopic (exact) mass is 354 g/mol. The number of likely N-dealkylation sites (N-methyl/N-ethyl adjacent to an activating group) is 1. The van der Waals surface area contributed by atoms with Gasteiger partial charge in [0.1, 0.15) is 11.3 Å². The molecule has 3 rings (SSSR count). The van der Waals surface area contributed by atoms with Crippen molar-refractivity contribution in [2.24, 2.45) is 0 Å². The molecule has 0 aliphatic rings. The van der Waals surface area contributed by atoms with Crippen LogP contribution < -0.4 is 9.64 Å². The average molecular weight is 355 g/mol. The number of hydrogen-bond donors (Lipinski definition) is 0. The molecule has 0 bridgehead atoms. The number of carbonyl (C=O) groups is 1. The summed E-state index contributed by atoms with van der Waals surface area (Å²) >= 11 is 6.18. The number of carbonyl (C=O) groups excluding carboxylic acids is 1. The van der Waals surface area contributed by atoms with Crippen molar-refractivity contribution in [3.05, 3.63) is 64.8 Å². The second-order valence-corrected chi connectivity index (χ2v) is 6.31. The molecule has 0 fully saturated rings. The van der Waals surface area contributed by atoms with Crippen LogP contribution in [0.15, 0.2) is 48.7 Å². The Morgan fingerprint density at radius 2 is 1.96 bits per heavy atom.